The predicted octanol–water partition coefficient (Wildman–Crippen LogP) is 0.360. The number of pyridine rings is 1. The van der Waals surface area contributed by atoms with Crippen molar-refractivity contribution < 1.29 is 18.0 Å². The van der Waals surface area contributed by atoms with Crippen LogP contribution in [-0.2, 0) is 26.2 Å². The van der Waals surface area contributed by atoms with Gasteiger partial charge in [0.1, 0.15) is 12.2 Å². The van der Waals surface area contributed by atoms with Gasteiger partial charge in [-0.1, -0.05) is 26.0 Å². The van der Waals surface area contributed by atoms with Crippen LogP contribution in [0.3, 0.4) is 0 Å². The number of hydroxylamine groups is 1. The van der Waals surface area contributed by atoms with Crippen molar-refractivity contribution in [2.45, 2.75) is 38.1 Å². The molecular formula is C19H26N6O5S. The van der Waals surface area contributed by atoms with Crippen molar-refractivity contribution in [1.82, 2.24) is 10.0 Å². The molecule has 0 saturated carbocycles. The number of rotatable bonds is 9. The highest BCUT2D eigenvalue weighted by atomic mass is 32.2. The second-order valence-electron chi connectivity index (χ2n) is 6.99. The van der Waals surface area contributed by atoms with Crippen LogP contribution < -0.4 is 27.2 Å². The smallest absolute Gasteiger partial charge is 0.275 e. The summed E-state index contributed by atoms with van der Waals surface area (Å²) in [5.74, 6) is -0.607. The number of amides is 1. The number of guanidine groups is 1. The Hall–Kier alpha value is -3.38. The average Bonchev–Trinajstić information content (AvgIpc) is 2.70. The topological polar surface area (TPSA) is 171 Å². The molecule has 0 unspecified atom stereocenters. The van der Waals surface area contributed by atoms with Crippen LogP contribution in [0.1, 0.15) is 31.0 Å². The van der Waals surface area contributed by atoms with E-state index in [1.807, 2.05) is 13.8 Å². The van der Waals surface area contributed by atoms with E-state index in [1.165, 1.54) is 24.3 Å². The Kier molecular flexibility index (Phi) is 7.78. The molecule has 1 heterocycles. The van der Waals surface area contributed by atoms with Crippen molar-refractivity contribution in [3.63, 3.8) is 0 Å². The minimum Gasteiger partial charge on any atom is -0.370 e. The summed E-state index contributed by atoms with van der Waals surface area (Å²) in [4.78, 5) is 33.1. The Morgan fingerprint density at radius 2 is 1.81 bits per heavy atom. The number of aliphatic imine (C=N–C) groups is 1. The summed E-state index contributed by atoms with van der Waals surface area (Å²) in [7, 11) is -3.99. The zero-order chi connectivity index (χ0) is 23.2. The van der Waals surface area contributed by atoms with E-state index in [0.29, 0.717) is 5.69 Å². The normalized spacial score (nSPS) is 11.2. The molecule has 0 radical (unpaired) electrons. The molecule has 11 nitrogen and oxygen atoms in total. The summed E-state index contributed by atoms with van der Waals surface area (Å²) in [5, 5.41) is 0. The van der Waals surface area contributed by atoms with Gasteiger partial charge in [-0.3, -0.25) is 19.1 Å². The first-order valence-electron chi connectivity index (χ1n) is 9.30. The summed E-state index contributed by atoms with van der Waals surface area (Å²) >= 11 is 0. The summed E-state index contributed by atoms with van der Waals surface area (Å²) in [6.45, 7) is 4.91. The van der Waals surface area contributed by atoms with Gasteiger partial charge >= 0.3 is 0 Å². The van der Waals surface area contributed by atoms with Crippen molar-refractivity contribution in [3.8, 4) is 0 Å². The molecule has 0 aliphatic rings. The van der Waals surface area contributed by atoms with Crippen LogP contribution in [0.2, 0.25) is 0 Å². The summed E-state index contributed by atoms with van der Waals surface area (Å²) in [6.07, 6.45) is 0. The Morgan fingerprint density at radius 3 is 2.39 bits per heavy atom. The van der Waals surface area contributed by atoms with E-state index >= 15 is 0 Å². The lowest BCUT2D eigenvalue weighted by Gasteiger charge is -2.14. The molecule has 0 fully saturated rings. The van der Waals surface area contributed by atoms with Crippen LogP contribution >= 0.6 is 0 Å². The van der Waals surface area contributed by atoms with E-state index in [9.17, 15) is 18.0 Å². The Morgan fingerprint density at radius 1 is 1.16 bits per heavy atom. The standard InChI is InChI=1S/C19H26N6O5S/c1-12(2)14-5-7-15(8-6-14)31(28,29)24-16-9-4-13(3)25(18(16)27)10-17(26)23-30-11-22-19(20)21/h4-9,12,24H,10-11H2,1-3H3,(H,23,26)(H4,20,21,22). The molecule has 0 aliphatic carbocycles. The van der Waals surface area contributed by atoms with E-state index in [1.54, 1.807) is 19.1 Å². The Balaban J connectivity index is 2.18. The minimum atomic E-state index is -3.99. The lowest BCUT2D eigenvalue weighted by atomic mass is 10.0. The highest BCUT2D eigenvalue weighted by Crippen LogP contribution is 2.19. The monoisotopic (exact) mass is 450 g/mol. The molecule has 1 amide bonds. The predicted molar refractivity (Wildman–Crippen MR) is 117 cm³/mol. The molecule has 168 valence electrons. The van der Waals surface area contributed by atoms with Crippen molar-refractivity contribution in [1.29, 1.82) is 0 Å². The number of benzene rings is 1. The van der Waals surface area contributed by atoms with Crippen LogP contribution in [0.5, 0.6) is 0 Å². The third kappa shape index (κ3) is 6.55. The lowest BCUT2D eigenvalue weighted by Crippen LogP contribution is -2.35. The van der Waals surface area contributed by atoms with Crippen LogP contribution in [-0.4, -0.2) is 31.6 Å². The van der Waals surface area contributed by atoms with Gasteiger partial charge in [0.15, 0.2) is 12.7 Å². The van der Waals surface area contributed by atoms with Gasteiger partial charge in [-0.2, -0.15) is 0 Å². The molecule has 6 N–H and O–H groups in total. The fraction of sp³-hybridized carbons (Fsp3) is 0.316. The van der Waals surface area contributed by atoms with E-state index in [2.05, 4.69) is 15.2 Å². The fourth-order valence-electron chi connectivity index (χ4n) is 2.58. The number of aryl methyl sites for hydroxylation is 1. The van der Waals surface area contributed by atoms with Gasteiger partial charge in [-0.05, 0) is 42.7 Å². The molecular weight excluding hydrogens is 424 g/mol. The SMILES string of the molecule is Cc1ccc(NS(=O)(=O)c2ccc(C(C)C)cc2)c(=O)n1CC(=O)NOCN=C(N)N. The molecule has 0 spiro atoms. The summed E-state index contributed by atoms with van der Waals surface area (Å²) < 4.78 is 28.8. The van der Waals surface area contributed by atoms with Gasteiger partial charge in [0.05, 0.1) is 4.90 Å². The fourth-order valence-corrected chi connectivity index (χ4v) is 3.63. The highest BCUT2D eigenvalue weighted by Gasteiger charge is 2.18. The maximum Gasteiger partial charge on any atom is 0.275 e. The first-order valence-corrected chi connectivity index (χ1v) is 10.8. The molecule has 2 aromatic rings. The van der Waals surface area contributed by atoms with Crippen molar-refractivity contribution in [2.75, 3.05) is 11.5 Å². The zero-order valence-electron chi connectivity index (χ0n) is 17.5. The number of aromatic nitrogens is 1. The Bertz CT molecular complexity index is 1120. The second-order valence-corrected chi connectivity index (χ2v) is 8.67. The van der Waals surface area contributed by atoms with Gasteiger partial charge in [-0.15, -0.1) is 0 Å². The van der Waals surface area contributed by atoms with Crippen molar-refractivity contribution >= 4 is 27.6 Å². The number of nitrogens with two attached hydrogens (primary N) is 2. The summed E-state index contributed by atoms with van der Waals surface area (Å²) in [6, 6.07) is 9.27. The molecule has 0 bridgehead atoms. The Labute approximate surface area is 180 Å². The van der Waals surface area contributed by atoms with Gasteiger partial charge in [0.2, 0.25) is 0 Å². The maximum absolute atomic E-state index is 12.8. The molecule has 2 rings (SSSR count). The number of hydrogen-bond donors (Lipinski definition) is 4. The molecule has 1 aromatic carbocycles. The average molecular weight is 451 g/mol. The molecule has 12 heteroatoms. The van der Waals surface area contributed by atoms with Crippen molar-refractivity contribution in [3.05, 3.63) is 58.0 Å². The number of anilines is 1. The zero-order valence-corrected chi connectivity index (χ0v) is 18.3. The van der Waals surface area contributed by atoms with Crippen LogP contribution in [0.25, 0.3) is 0 Å². The first-order chi connectivity index (χ1) is 14.5. The number of carbonyl (C=O) groups is 1. The molecule has 0 aliphatic heterocycles. The van der Waals surface area contributed by atoms with E-state index in [0.717, 1.165) is 10.1 Å². The highest BCUT2D eigenvalue weighted by molar-refractivity contribution is 7.92. The van der Waals surface area contributed by atoms with E-state index < -0.39 is 28.0 Å². The number of nitrogens with zero attached hydrogens (tertiary/aromatic N) is 2. The molecule has 0 saturated heterocycles. The van der Waals surface area contributed by atoms with E-state index in [4.69, 9.17) is 16.3 Å². The second kappa shape index (κ2) is 10.1. The number of nitrogens with one attached hydrogen (secondary N) is 2. The maximum atomic E-state index is 12.8. The largest absolute Gasteiger partial charge is 0.370 e. The minimum absolute atomic E-state index is 0.0225. The number of sulfonamides is 1. The van der Waals surface area contributed by atoms with Crippen molar-refractivity contribution in [2.24, 2.45) is 16.5 Å². The van der Waals surface area contributed by atoms with Crippen LogP contribution in [0.15, 0.2) is 51.1 Å². The third-order valence-corrected chi connectivity index (χ3v) is 5.67. The molecule has 1 aromatic heterocycles. The lowest BCUT2D eigenvalue weighted by molar-refractivity contribution is -0.134. The molecule has 31 heavy (non-hydrogen) atoms. The third-order valence-electron chi connectivity index (χ3n) is 4.29. The van der Waals surface area contributed by atoms with Crippen LogP contribution in [0, 0.1) is 6.92 Å². The van der Waals surface area contributed by atoms with Gasteiger partial charge < -0.3 is 16.0 Å². The molecule has 0 atom stereocenters. The van der Waals surface area contributed by atoms with Crippen LogP contribution in [0.4, 0.5) is 5.69 Å². The number of hydrogen-bond acceptors (Lipinski definition) is 6. The quantitative estimate of drug-likeness (QED) is 0.185. The van der Waals surface area contributed by atoms with E-state index in [-0.39, 0.29) is 29.2 Å². The van der Waals surface area contributed by atoms with Gasteiger partial charge in [-0.25, -0.2) is 18.9 Å². The first kappa shape index (κ1) is 23.9. The van der Waals surface area contributed by atoms with Gasteiger partial charge in [0.25, 0.3) is 21.5 Å². The summed E-state index contributed by atoms with van der Waals surface area (Å²) in [5.41, 5.74) is 12.9. The van der Waals surface area contributed by atoms with Gasteiger partial charge in [0, 0.05) is 5.69 Å². The number of carbonyl (C=O) groups excluding carboxylic acids is 1.